The number of anilines is 2. The van der Waals surface area contributed by atoms with Gasteiger partial charge in [-0.2, -0.15) is 0 Å². The molecule has 4 amide bonds. The molecule has 2 heterocycles. The standard InChI is InChI=1S/C24H24N4O4/c1-32-21-10-8-20(9-11-21)28-16-18(15-22(28)29)23(30)25-12-2-3-17-4-6-19(7-5-17)27-14-13-26-24(27)31/h4-11,18H,12-16H2,1H3,(H,25,30)(H,26,31). The van der Waals surface area contributed by atoms with Gasteiger partial charge in [-0.1, -0.05) is 11.8 Å². The van der Waals surface area contributed by atoms with Crippen molar-refractivity contribution in [3.8, 4) is 17.6 Å². The first-order valence-corrected chi connectivity index (χ1v) is 10.4. The van der Waals surface area contributed by atoms with Gasteiger partial charge in [-0.15, -0.1) is 0 Å². The van der Waals surface area contributed by atoms with E-state index in [4.69, 9.17) is 4.74 Å². The topological polar surface area (TPSA) is 91.0 Å². The van der Waals surface area contributed by atoms with E-state index in [1.165, 1.54) is 0 Å². The smallest absolute Gasteiger partial charge is 0.321 e. The number of methoxy groups -OCH3 is 1. The second-order valence-electron chi connectivity index (χ2n) is 7.55. The summed E-state index contributed by atoms with van der Waals surface area (Å²) in [6, 6.07) is 14.5. The Balaban J connectivity index is 1.28. The van der Waals surface area contributed by atoms with Crippen LogP contribution < -0.4 is 25.2 Å². The van der Waals surface area contributed by atoms with Crippen LogP contribution in [0.25, 0.3) is 0 Å². The van der Waals surface area contributed by atoms with E-state index in [0.29, 0.717) is 25.4 Å². The summed E-state index contributed by atoms with van der Waals surface area (Å²) in [5.74, 6) is 5.98. The Labute approximate surface area is 186 Å². The Morgan fingerprint density at radius 2 is 1.78 bits per heavy atom. The van der Waals surface area contributed by atoms with Gasteiger partial charge in [0.1, 0.15) is 5.75 Å². The summed E-state index contributed by atoms with van der Waals surface area (Å²) in [5.41, 5.74) is 2.37. The Kier molecular flexibility index (Phi) is 6.26. The Hall–Kier alpha value is -3.99. The minimum absolute atomic E-state index is 0.0758. The molecule has 4 rings (SSSR count). The van der Waals surface area contributed by atoms with Crippen LogP contribution in [-0.2, 0) is 9.59 Å². The number of urea groups is 1. The van der Waals surface area contributed by atoms with Gasteiger partial charge in [0.2, 0.25) is 11.8 Å². The summed E-state index contributed by atoms with van der Waals surface area (Å²) in [4.78, 5) is 39.8. The van der Waals surface area contributed by atoms with Crippen molar-refractivity contribution in [2.24, 2.45) is 5.92 Å². The van der Waals surface area contributed by atoms with Gasteiger partial charge in [-0.05, 0) is 48.5 Å². The molecule has 2 aromatic carbocycles. The molecule has 2 N–H and O–H groups in total. The minimum atomic E-state index is -0.405. The fourth-order valence-electron chi connectivity index (χ4n) is 3.76. The van der Waals surface area contributed by atoms with Crippen LogP contribution in [-0.4, -0.2) is 51.1 Å². The van der Waals surface area contributed by atoms with Crippen LogP contribution in [0.15, 0.2) is 48.5 Å². The molecule has 8 nitrogen and oxygen atoms in total. The number of nitrogens with zero attached hydrogens (tertiary/aromatic N) is 2. The van der Waals surface area contributed by atoms with Crippen molar-refractivity contribution in [3.05, 3.63) is 54.1 Å². The van der Waals surface area contributed by atoms with Crippen molar-refractivity contribution >= 4 is 29.2 Å². The molecule has 2 fully saturated rings. The van der Waals surface area contributed by atoms with Crippen molar-refractivity contribution in [2.45, 2.75) is 6.42 Å². The van der Waals surface area contributed by atoms with Crippen LogP contribution in [0.4, 0.5) is 16.2 Å². The maximum atomic E-state index is 12.5. The van der Waals surface area contributed by atoms with E-state index in [1.807, 2.05) is 36.4 Å². The van der Waals surface area contributed by atoms with Crippen molar-refractivity contribution in [2.75, 3.05) is 43.1 Å². The van der Waals surface area contributed by atoms with Gasteiger partial charge in [0.05, 0.1) is 19.6 Å². The summed E-state index contributed by atoms with van der Waals surface area (Å²) in [5, 5.41) is 5.56. The summed E-state index contributed by atoms with van der Waals surface area (Å²) in [6.07, 6.45) is 0.177. The molecule has 32 heavy (non-hydrogen) atoms. The maximum Gasteiger partial charge on any atom is 0.321 e. The molecular weight excluding hydrogens is 408 g/mol. The number of hydrogen-bond acceptors (Lipinski definition) is 4. The number of nitrogens with one attached hydrogen (secondary N) is 2. The fourth-order valence-corrected chi connectivity index (χ4v) is 3.76. The highest BCUT2D eigenvalue weighted by Crippen LogP contribution is 2.26. The molecule has 1 unspecified atom stereocenters. The highest BCUT2D eigenvalue weighted by atomic mass is 16.5. The second-order valence-corrected chi connectivity index (χ2v) is 7.55. The third-order valence-corrected chi connectivity index (χ3v) is 5.50. The third-order valence-electron chi connectivity index (χ3n) is 5.50. The van der Waals surface area contributed by atoms with E-state index in [1.54, 1.807) is 29.0 Å². The Bertz CT molecular complexity index is 1070. The van der Waals surface area contributed by atoms with Crippen LogP contribution in [0, 0.1) is 17.8 Å². The molecule has 0 radical (unpaired) electrons. The van der Waals surface area contributed by atoms with Gasteiger partial charge in [-0.25, -0.2) is 4.79 Å². The number of benzene rings is 2. The molecule has 164 valence electrons. The molecular formula is C24H24N4O4. The number of carbonyl (C=O) groups excluding carboxylic acids is 3. The van der Waals surface area contributed by atoms with E-state index in [2.05, 4.69) is 22.5 Å². The highest BCUT2D eigenvalue weighted by Gasteiger charge is 2.34. The molecule has 0 saturated carbocycles. The zero-order chi connectivity index (χ0) is 22.5. The number of ether oxygens (including phenoxy) is 1. The van der Waals surface area contributed by atoms with Crippen LogP contribution in [0.3, 0.4) is 0 Å². The number of hydrogen-bond donors (Lipinski definition) is 2. The van der Waals surface area contributed by atoms with Gasteiger partial charge in [-0.3, -0.25) is 14.5 Å². The lowest BCUT2D eigenvalue weighted by molar-refractivity contribution is -0.126. The molecule has 2 aliphatic rings. The van der Waals surface area contributed by atoms with Crippen LogP contribution in [0.2, 0.25) is 0 Å². The van der Waals surface area contributed by atoms with Gasteiger partial charge in [0.25, 0.3) is 0 Å². The van der Waals surface area contributed by atoms with E-state index >= 15 is 0 Å². The molecule has 2 aromatic rings. The zero-order valence-corrected chi connectivity index (χ0v) is 17.8. The first kappa shape index (κ1) is 21.2. The molecule has 8 heteroatoms. The zero-order valence-electron chi connectivity index (χ0n) is 17.8. The predicted molar refractivity (Wildman–Crippen MR) is 121 cm³/mol. The van der Waals surface area contributed by atoms with Crippen LogP contribution in [0.1, 0.15) is 12.0 Å². The lowest BCUT2D eigenvalue weighted by Gasteiger charge is -2.16. The average molecular weight is 432 g/mol. The molecule has 0 spiro atoms. The number of rotatable bonds is 5. The largest absolute Gasteiger partial charge is 0.497 e. The van der Waals surface area contributed by atoms with E-state index < -0.39 is 5.92 Å². The first-order chi connectivity index (χ1) is 15.5. The Morgan fingerprint density at radius 1 is 1.09 bits per heavy atom. The van der Waals surface area contributed by atoms with Crippen molar-refractivity contribution in [1.82, 2.24) is 10.6 Å². The van der Waals surface area contributed by atoms with Gasteiger partial charge >= 0.3 is 6.03 Å². The average Bonchev–Trinajstić information content (AvgIpc) is 3.42. The van der Waals surface area contributed by atoms with Gasteiger partial charge in [0.15, 0.2) is 0 Å². The lowest BCUT2D eigenvalue weighted by atomic mass is 10.1. The summed E-state index contributed by atoms with van der Waals surface area (Å²) >= 11 is 0. The monoisotopic (exact) mass is 432 g/mol. The third kappa shape index (κ3) is 4.67. The normalized spacial score (nSPS) is 17.6. The van der Waals surface area contributed by atoms with E-state index in [-0.39, 0.29) is 30.8 Å². The molecule has 1 atom stereocenters. The second kappa shape index (κ2) is 9.43. The molecule has 0 aliphatic carbocycles. The molecule has 2 saturated heterocycles. The SMILES string of the molecule is COc1ccc(N2CC(C(=O)NCC#Cc3ccc(N4CCNC4=O)cc3)CC2=O)cc1. The lowest BCUT2D eigenvalue weighted by Crippen LogP contribution is -2.33. The molecule has 0 bridgehead atoms. The van der Waals surface area contributed by atoms with Crippen molar-refractivity contribution in [3.63, 3.8) is 0 Å². The Morgan fingerprint density at radius 3 is 2.44 bits per heavy atom. The fraction of sp³-hybridized carbons (Fsp3) is 0.292. The van der Waals surface area contributed by atoms with Crippen LogP contribution >= 0.6 is 0 Å². The predicted octanol–water partition coefficient (Wildman–Crippen LogP) is 1.75. The minimum Gasteiger partial charge on any atom is -0.497 e. The van der Waals surface area contributed by atoms with Crippen molar-refractivity contribution < 1.29 is 19.1 Å². The first-order valence-electron chi connectivity index (χ1n) is 10.4. The van der Waals surface area contributed by atoms with Crippen molar-refractivity contribution in [1.29, 1.82) is 0 Å². The summed E-state index contributed by atoms with van der Waals surface area (Å²) in [7, 11) is 1.59. The van der Waals surface area contributed by atoms with Crippen LogP contribution in [0.5, 0.6) is 5.75 Å². The van der Waals surface area contributed by atoms with Gasteiger partial charge in [0, 0.05) is 43.0 Å². The highest BCUT2D eigenvalue weighted by molar-refractivity contribution is 6.00. The molecule has 2 aliphatic heterocycles. The van der Waals surface area contributed by atoms with E-state index in [0.717, 1.165) is 16.9 Å². The maximum absolute atomic E-state index is 12.5. The quantitative estimate of drug-likeness (QED) is 0.705. The summed E-state index contributed by atoms with van der Waals surface area (Å²) < 4.78 is 5.14. The molecule has 0 aromatic heterocycles. The number of carbonyl (C=O) groups is 3. The van der Waals surface area contributed by atoms with Gasteiger partial charge < -0.3 is 20.3 Å². The van der Waals surface area contributed by atoms with E-state index in [9.17, 15) is 14.4 Å². The number of amides is 4. The summed E-state index contributed by atoms with van der Waals surface area (Å²) in [6.45, 7) is 1.83.